The first-order chi connectivity index (χ1) is 14.9. The van der Waals surface area contributed by atoms with E-state index >= 15 is 0 Å². The molecule has 1 aromatic heterocycles. The lowest BCUT2D eigenvalue weighted by Gasteiger charge is -2.10. The van der Waals surface area contributed by atoms with Crippen LogP contribution in [0.4, 0.5) is 4.39 Å². The van der Waals surface area contributed by atoms with Crippen LogP contribution in [0.1, 0.15) is 18.4 Å². The number of halogens is 3. The molecule has 2 aromatic carbocycles. The second-order valence-electron chi connectivity index (χ2n) is 7.38. The third kappa shape index (κ3) is 4.75. The highest BCUT2D eigenvalue weighted by atomic mass is 35.5. The van der Waals surface area contributed by atoms with Gasteiger partial charge in [-0.15, -0.1) is 0 Å². The normalized spacial score (nSPS) is 15.7. The smallest absolute Gasteiger partial charge is 0.242 e. The number of carbonyl (C=O) groups excluding carboxylic acids is 2. The number of amides is 2. The number of nitrogens with one attached hydrogen (secondary N) is 3. The van der Waals surface area contributed by atoms with Crippen molar-refractivity contribution in [3.05, 3.63) is 70.0 Å². The maximum Gasteiger partial charge on any atom is 0.242 e. The van der Waals surface area contributed by atoms with E-state index in [1.807, 2.05) is 12.1 Å². The van der Waals surface area contributed by atoms with E-state index in [9.17, 15) is 14.0 Å². The minimum Gasteiger partial charge on any atom is -0.354 e. The first-order valence-corrected chi connectivity index (χ1v) is 10.7. The van der Waals surface area contributed by atoms with Gasteiger partial charge in [0.2, 0.25) is 11.8 Å². The molecule has 0 spiro atoms. The summed E-state index contributed by atoms with van der Waals surface area (Å²) >= 11 is 12.7. The summed E-state index contributed by atoms with van der Waals surface area (Å²) in [6, 6.07) is 12.8. The molecule has 1 atom stereocenters. The van der Waals surface area contributed by atoms with E-state index in [4.69, 9.17) is 23.2 Å². The number of rotatable bonds is 6. The molecule has 4 rings (SSSR count). The second kappa shape index (κ2) is 9.12. The molecule has 1 unspecified atom stereocenters. The van der Waals surface area contributed by atoms with Gasteiger partial charge < -0.3 is 15.6 Å². The van der Waals surface area contributed by atoms with Crippen LogP contribution in [0.25, 0.3) is 22.5 Å². The van der Waals surface area contributed by atoms with Crippen LogP contribution in [-0.2, 0) is 16.0 Å². The van der Waals surface area contributed by atoms with Gasteiger partial charge in [-0.3, -0.25) is 9.59 Å². The zero-order valence-corrected chi connectivity index (χ0v) is 18.0. The quantitative estimate of drug-likeness (QED) is 0.498. The molecule has 2 amide bonds. The van der Waals surface area contributed by atoms with Gasteiger partial charge in [-0.1, -0.05) is 35.3 Å². The van der Waals surface area contributed by atoms with Crippen molar-refractivity contribution >= 4 is 35.0 Å². The van der Waals surface area contributed by atoms with Crippen molar-refractivity contribution in [1.29, 1.82) is 0 Å². The molecule has 5 nitrogen and oxygen atoms in total. The topological polar surface area (TPSA) is 74.0 Å². The molecule has 3 N–H and O–H groups in total. The van der Waals surface area contributed by atoms with Crippen molar-refractivity contribution in [2.45, 2.75) is 25.3 Å². The van der Waals surface area contributed by atoms with E-state index in [1.165, 1.54) is 12.1 Å². The summed E-state index contributed by atoms with van der Waals surface area (Å²) in [5.74, 6) is -0.724. The Morgan fingerprint density at radius 1 is 1.03 bits per heavy atom. The first kappa shape index (κ1) is 21.4. The summed E-state index contributed by atoms with van der Waals surface area (Å²) in [4.78, 5) is 27.5. The molecule has 0 aliphatic carbocycles. The number of benzene rings is 2. The Hall–Kier alpha value is -2.83. The molecule has 1 saturated heterocycles. The minimum absolute atomic E-state index is 0.162. The van der Waals surface area contributed by atoms with Crippen molar-refractivity contribution < 1.29 is 14.0 Å². The van der Waals surface area contributed by atoms with Crippen LogP contribution in [-0.4, -0.2) is 29.4 Å². The molecular weight excluding hydrogens is 440 g/mol. The molecule has 3 aromatic rings. The molecule has 1 aliphatic rings. The molecule has 1 aliphatic heterocycles. The summed E-state index contributed by atoms with van der Waals surface area (Å²) in [7, 11) is 0. The van der Waals surface area contributed by atoms with Crippen molar-refractivity contribution in [2.75, 3.05) is 6.54 Å². The fourth-order valence-electron chi connectivity index (χ4n) is 3.67. The summed E-state index contributed by atoms with van der Waals surface area (Å²) in [6.45, 7) is 0.562. The summed E-state index contributed by atoms with van der Waals surface area (Å²) in [5, 5.41) is 6.56. The number of carbonyl (C=O) groups is 2. The molecule has 0 saturated carbocycles. The van der Waals surface area contributed by atoms with Gasteiger partial charge in [-0.25, -0.2) is 4.39 Å². The van der Waals surface area contributed by atoms with Crippen LogP contribution in [0.5, 0.6) is 0 Å². The Balaban J connectivity index is 1.62. The predicted octanol–water partition coefficient (Wildman–Crippen LogP) is 4.73. The molecule has 0 radical (unpaired) electrons. The Labute approximate surface area is 188 Å². The second-order valence-corrected chi connectivity index (χ2v) is 8.20. The van der Waals surface area contributed by atoms with E-state index in [1.54, 1.807) is 24.3 Å². The predicted molar refractivity (Wildman–Crippen MR) is 120 cm³/mol. The van der Waals surface area contributed by atoms with Crippen LogP contribution in [0.3, 0.4) is 0 Å². The fourth-order valence-corrected chi connectivity index (χ4v) is 4.14. The fraction of sp³-hybridized carbons (Fsp3) is 0.217. The zero-order chi connectivity index (χ0) is 22.0. The van der Waals surface area contributed by atoms with E-state index in [0.717, 1.165) is 22.4 Å². The van der Waals surface area contributed by atoms with Crippen molar-refractivity contribution in [3.63, 3.8) is 0 Å². The average Bonchev–Trinajstić information content (AvgIpc) is 3.30. The molecule has 1 fully saturated rings. The summed E-state index contributed by atoms with van der Waals surface area (Å²) in [6.07, 6.45) is 1.10. The average molecular weight is 460 g/mol. The first-order valence-electron chi connectivity index (χ1n) is 9.91. The maximum absolute atomic E-state index is 13.4. The van der Waals surface area contributed by atoms with E-state index in [2.05, 4.69) is 15.6 Å². The third-order valence-electron chi connectivity index (χ3n) is 5.29. The number of aromatic nitrogens is 1. The van der Waals surface area contributed by atoms with Gasteiger partial charge in [0.1, 0.15) is 11.9 Å². The molecular formula is C23H20Cl2FN3O2. The Bertz CT molecular complexity index is 1110. The van der Waals surface area contributed by atoms with Crippen molar-refractivity contribution in [3.8, 4) is 22.5 Å². The highest BCUT2D eigenvalue weighted by Gasteiger charge is 2.26. The highest BCUT2D eigenvalue weighted by Crippen LogP contribution is 2.38. The lowest BCUT2D eigenvalue weighted by molar-refractivity contribution is -0.127. The highest BCUT2D eigenvalue weighted by molar-refractivity contribution is 6.34. The SMILES string of the molecule is O=C(CCc1c(-c2ccc(F)cc2)[nH]c(-c2ccc(Cl)cc2)c1Cl)NC1CCNC1=O. The van der Waals surface area contributed by atoms with Gasteiger partial charge in [0.05, 0.1) is 16.4 Å². The van der Waals surface area contributed by atoms with Crippen LogP contribution >= 0.6 is 23.2 Å². The van der Waals surface area contributed by atoms with Gasteiger partial charge in [0, 0.05) is 18.0 Å². The third-order valence-corrected chi connectivity index (χ3v) is 5.96. The Morgan fingerprint density at radius 3 is 2.32 bits per heavy atom. The van der Waals surface area contributed by atoms with Crippen molar-refractivity contribution in [2.24, 2.45) is 0 Å². The Kier molecular flexibility index (Phi) is 6.30. The summed E-state index contributed by atoms with van der Waals surface area (Å²) in [5.41, 5.74) is 3.78. The van der Waals surface area contributed by atoms with Gasteiger partial charge in [0.25, 0.3) is 0 Å². The molecule has 31 heavy (non-hydrogen) atoms. The lowest BCUT2D eigenvalue weighted by atomic mass is 10.0. The monoisotopic (exact) mass is 459 g/mol. The lowest BCUT2D eigenvalue weighted by Crippen LogP contribution is -2.40. The largest absolute Gasteiger partial charge is 0.354 e. The van der Waals surface area contributed by atoms with Gasteiger partial charge in [-0.05, 0) is 65.9 Å². The van der Waals surface area contributed by atoms with E-state index in [0.29, 0.717) is 35.1 Å². The molecule has 8 heteroatoms. The number of hydrogen-bond acceptors (Lipinski definition) is 2. The molecule has 2 heterocycles. The standard InChI is InChI=1S/C23H20Cl2FN3O2/c24-15-5-1-14(2-6-15)22-20(25)17(21(29-22)13-3-7-16(26)8-4-13)9-10-19(30)28-18-11-12-27-23(18)31/h1-8,18,29H,9-12H2,(H,27,31)(H,28,30). The maximum atomic E-state index is 13.4. The van der Waals surface area contributed by atoms with Crippen molar-refractivity contribution in [1.82, 2.24) is 15.6 Å². The minimum atomic E-state index is -0.490. The summed E-state index contributed by atoms with van der Waals surface area (Å²) < 4.78 is 13.4. The number of hydrogen-bond donors (Lipinski definition) is 3. The van der Waals surface area contributed by atoms with Gasteiger partial charge in [-0.2, -0.15) is 0 Å². The van der Waals surface area contributed by atoms with E-state index in [-0.39, 0.29) is 24.1 Å². The van der Waals surface area contributed by atoms with Gasteiger partial charge in [0.15, 0.2) is 0 Å². The number of aromatic amines is 1. The van der Waals surface area contributed by atoms with Crippen LogP contribution in [0, 0.1) is 5.82 Å². The molecule has 0 bridgehead atoms. The van der Waals surface area contributed by atoms with Crippen LogP contribution < -0.4 is 10.6 Å². The molecule has 160 valence electrons. The zero-order valence-electron chi connectivity index (χ0n) is 16.5. The van der Waals surface area contributed by atoms with Gasteiger partial charge >= 0.3 is 0 Å². The van der Waals surface area contributed by atoms with E-state index < -0.39 is 6.04 Å². The Morgan fingerprint density at radius 2 is 1.68 bits per heavy atom. The van der Waals surface area contributed by atoms with Crippen LogP contribution in [0.2, 0.25) is 10.0 Å². The van der Waals surface area contributed by atoms with Crippen LogP contribution in [0.15, 0.2) is 48.5 Å². The number of H-pyrrole nitrogens is 1.